The van der Waals surface area contributed by atoms with Crippen molar-refractivity contribution in [2.24, 2.45) is 0 Å². The van der Waals surface area contributed by atoms with Gasteiger partial charge >= 0.3 is 0 Å². The van der Waals surface area contributed by atoms with Gasteiger partial charge in [0.25, 0.3) is 0 Å². The van der Waals surface area contributed by atoms with Crippen molar-refractivity contribution in [1.82, 2.24) is 10.2 Å². The van der Waals surface area contributed by atoms with E-state index in [4.69, 9.17) is 0 Å². The number of nitriles is 1. The maximum absolute atomic E-state index is 9.24. The second-order valence-electron chi connectivity index (χ2n) is 3.96. The van der Waals surface area contributed by atoms with Crippen LogP contribution in [0.4, 0.5) is 5.82 Å². The zero-order valence-electron chi connectivity index (χ0n) is 10.7. The zero-order chi connectivity index (χ0) is 12.8. The molecule has 4 heteroatoms. The Hall–Kier alpha value is -1.89. The molecule has 0 amide bonds. The summed E-state index contributed by atoms with van der Waals surface area (Å²) < 4.78 is 0. The highest BCUT2D eigenvalue weighted by molar-refractivity contribution is 5.57. The second kappa shape index (κ2) is 6.00. The molecule has 0 unspecified atom stereocenters. The van der Waals surface area contributed by atoms with Crippen LogP contribution in [0.15, 0.2) is 12.7 Å². The van der Waals surface area contributed by atoms with E-state index in [0.29, 0.717) is 17.9 Å². The van der Waals surface area contributed by atoms with Crippen molar-refractivity contribution >= 4 is 5.82 Å². The Labute approximate surface area is 103 Å². The van der Waals surface area contributed by atoms with Gasteiger partial charge in [-0.2, -0.15) is 10.4 Å². The fraction of sp³-hybridized carbons (Fsp3) is 0.462. The van der Waals surface area contributed by atoms with Gasteiger partial charge in [-0.1, -0.05) is 13.0 Å². The van der Waals surface area contributed by atoms with Crippen LogP contribution < -0.4 is 4.90 Å². The first-order valence-electron chi connectivity index (χ1n) is 5.75. The first kappa shape index (κ1) is 13.2. The van der Waals surface area contributed by atoms with Gasteiger partial charge in [0.1, 0.15) is 11.6 Å². The van der Waals surface area contributed by atoms with Crippen LogP contribution in [0.5, 0.6) is 0 Å². The molecule has 1 heterocycles. The first-order valence-corrected chi connectivity index (χ1v) is 5.75. The summed E-state index contributed by atoms with van der Waals surface area (Å²) >= 11 is 0. The summed E-state index contributed by atoms with van der Waals surface area (Å²) in [5.74, 6) is 0.664. The van der Waals surface area contributed by atoms with Crippen molar-refractivity contribution < 1.29 is 0 Å². The molecule has 1 rings (SSSR count). The average molecular weight is 230 g/mol. The number of aryl methyl sites for hydroxylation is 1. The van der Waals surface area contributed by atoms with Gasteiger partial charge in [-0.15, -0.1) is 11.7 Å². The summed E-state index contributed by atoms with van der Waals surface area (Å²) in [6, 6.07) is 2.22. The van der Waals surface area contributed by atoms with Gasteiger partial charge in [0.05, 0.1) is 5.69 Å². The lowest BCUT2D eigenvalue weighted by molar-refractivity contribution is 0.780. The van der Waals surface area contributed by atoms with Crippen LogP contribution in [-0.4, -0.2) is 23.3 Å². The molecular weight excluding hydrogens is 212 g/mol. The Morgan fingerprint density at radius 1 is 1.41 bits per heavy atom. The summed E-state index contributed by atoms with van der Waals surface area (Å²) in [5, 5.41) is 17.5. The Morgan fingerprint density at radius 3 is 2.65 bits per heavy atom. The molecule has 0 aliphatic carbocycles. The maximum atomic E-state index is 9.24. The molecule has 0 saturated heterocycles. The van der Waals surface area contributed by atoms with Crippen LogP contribution in [0.1, 0.15) is 30.2 Å². The fourth-order valence-corrected chi connectivity index (χ4v) is 1.66. The number of aromatic nitrogens is 2. The Balaban J connectivity index is 3.23. The van der Waals surface area contributed by atoms with Crippen LogP contribution in [-0.2, 0) is 0 Å². The van der Waals surface area contributed by atoms with Crippen molar-refractivity contribution in [2.75, 3.05) is 18.0 Å². The largest absolute Gasteiger partial charge is 0.350 e. The normalized spacial score (nSPS) is 9.76. The number of nitrogens with zero attached hydrogens (tertiary/aromatic N) is 4. The first-order chi connectivity index (χ1) is 8.15. The van der Waals surface area contributed by atoms with Crippen molar-refractivity contribution in [3.63, 3.8) is 0 Å². The second-order valence-corrected chi connectivity index (χ2v) is 3.96. The van der Waals surface area contributed by atoms with Crippen LogP contribution in [0.3, 0.4) is 0 Å². The standard InChI is InChI=1S/C13H18N4/c1-5-7-17(8-6-2)13-12(9-14)10(3)11(4)15-16-13/h5H,1,6-8H2,2-4H3. The third-order valence-electron chi connectivity index (χ3n) is 2.69. The summed E-state index contributed by atoms with van der Waals surface area (Å²) in [6.07, 6.45) is 2.81. The maximum Gasteiger partial charge on any atom is 0.169 e. The van der Waals surface area contributed by atoms with E-state index in [-0.39, 0.29) is 0 Å². The van der Waals surface area contributed by atoms with E-state index in [2.05, 4.69) is 29.8 Å². The molecule has 0 saturated carbocycles. The third-order valence-corrected chi connectivity index (χ3v) is 2.69. The number of hydrogen-bond acceptors (Lipinski definition) is 4. The van der Waals surface area contributed by atoms with Gasteiger partial charge in [-0.25, -0.2) is 0 Å². The SMILES string of the molecule is C=CCN(CCC)c1nnc(C)c(C)c1C#N. The lowest BCUT2D eigenvalue weighted by Gasteiger charge is -2.22. The Kier molecular flexibility index (Phi) is 4.65. The molecule has 0 radical (unpaired) electrons. The zero-order valence-corrected chi connectivity index (χ0v) is 10.7. The van der Waals surface area contributed by atoms with Crippen LogP contribution >= 0.6 is 0 Å². The molecule has 1 aromatic heterocycles. The Morgan fingerprint density at radius 2 is 2.12 bits per heavy atom. The molecular formula is C13H18N4. The van der Waals surface area contributed by atoms with Gasteiger partial charge in [0, 0.05) is 13.1 Å². The number of rotatable bonds is 5. The predicted molar refractivity (Wildman–Crippen MR) is 68.9 cm³/mol. The van der Waals surface area contributed by atoms with Crippen molar-refractivity contribution in [1.29, 1.82) is 5.26 Å². The summed E-state index contributed by atoms with van der Waals surface area (Å²) in [6.45, 7) is 11.1. The van der Waals surface area contributed by atoms with E-state index < -0.39 is 0 Å². The van der Waals surface area contributed by atoms with Crippen LogP contribution in [0.25, 0.3) is 0 Å². The van der Waals surface area contributed by atoms with Gasteiger partial charge < -0.3 is 4.90 Å². The molecule has 17 heavy (non-hydrogen) atoms. The van der Waals surface area contributed by atoms with Crippen molar-refractivity contribution in [3.05, 3.63) is 29.5 Å². The summed E-state index contributed by atoms with van der Waals surface area (Å²) in [5.41, 5.74) is 2.33. The molecule has 0 N–H and O–H groups in total. The molecule has 4 nitrogen and oxygen atoms in total. The smallest absolute Gasteiger partial charge is 0.169 e. The van der Waals surface area contributed by atoms with Gasteiger partial charge in [0.15, 0.2) is 5.82 Å². The van der Waals surface area contributed by atoms with Crippen molar-refractivity contribution in [2.45, 2.75) is 27.2 Å². The predicted octanol–water partition coefficient (Wildman–Crippen LogP) is 2.37. The molecule has 1 aromatic rings. The van der Waals surface area contributed by atoms with E-state index in [1.165, 1.54) is 0 Å². The highest BCUT2D eigenvalue weighted by Gasteiger charge is 2.15. The van der Waals surface area contributed by atoms with Crippen LogP contribution in [0, 0.1) is 25.2 Å². The monoisotopic (exact) mass is 230 g/mol. The minimum Gasteiger partial charge on any atom is -0.350 e. The van der Waals surface area contributed by atoms with Crippen LogP contribution in [0.2, 0.25) is 0 Å². The minimum absolute atomic E-state index is 0.618. The van der Waals surface area contributed by atoms with Crippen molar-refractivity contribution in [3.8, 4) is 6.07 Å². The summed E-state index contributed by atoms with van der Waals surface area (Å²) in [4.78, 5) is 2.03. The third kappa shape index (κ3) is 2.82. The lowest BCUT2D eigenvalue weighted by Crippen LogP contribution is -2.27. The molecule has 0 spiro atoms. The van der Waals surface area contributed by atoms with E-state index in [0.717, 1.165) is 24.2 Å². The highest BCUT2D eigenvalue weighted by atomic mass is 15.3. The summed E-state index contributed by atoms with van der Waals surface area (Å²) in [7, 11) is 0. The van der Waals surface area contributed by atoms with Gasteiger partial charge in [-0.3, -0.25) is 0 Å². The molecule has 0 aliphatic heterocycles. The van der Waals surface area contributed by atoms with Gasteiger partial charge in [0.2, 0.25) is 0 Å². The molecule has 90 valence electrons. The fourth-order valence-electron chi connectivity index (χ4n) is 1.66. The lowest BCUT2D eigenvalue weighted by atomic mass is 10.1. The average Bonchev–Trinajstić information content (AvgIpc) is 2.32. The molecule has 0 atom stereocenters. The molecule has 0 bridgehead atoms. The van der Waals surface area contributed by atoms with Gasteiger partial charge in [-0.05, 0) is 25.8 Å². The molecule has 0 aromatic carbocycles. The van der Waals surface area contributed by atoms with E-state index >= 15 is 0 Å². The van der Waals surface area contributed by atoms with E-state index in [1.54, 1.807) is 0 Å². The minimum atomic E-state index is 0.618. The quantitative estimate of drug-likeness (QED) is 0.729. The molecule has 0 aliphatic rings. The Bertz CT molecular complexity index is 445. The van der Waals surface area contributed by atoms with E-state index in [1.807, 2.05) is 24.8 Å². The molecule has 0 fully saturated rings. The highest BCUT2D eigenvalue weighted by Crippen LogP contribution is 2.21. The number of hydrogen-bond donors (Lipinski definition) is 0. The number of anilines is 1. The van der Waals surface area contributed by atoms with E-state index in [9.17, 15) is 5.26 Å². The topological polar surface area (TPSA) is 52.8 Å².